The molecule has 0 unspecified atom stereocenters. The number of nitrogens with zero attached hydrogens (tertiary/aromatic N) is 2. The number of anilines is 2. The van der Waals surface area contributed by atoms with Gasteiger partial charge in [-0.25, -0.2) is 4.98 Å². The van der Waals surface area contributed by atoms with Gasteiger partial charge in [0, 0.05) is 22.0 Å². The molecule has 2 amide bonds. The van der Waals surface area contributed by atoms with Crippen LogP contribution >= 0.6 is 23.4 Å². The lowest BCUT2D eigenvalue weighted by Crippen LogP contribution is -2.18. The van der Waals surface area contributed by atoms with Crippen LogP contribution in [0.2, 0.25) is 5.02 Å². The molecule has 0 aliphatic rings. The van der Waals surface area contributed by atoms with Crippen LogP contribution in [0.4, 0.5) is 11.4 Å². The number of hydrogen-bond donors (Lipinski definition) is 2. The van der Waals surface area contributed by atoms with Gasteiger partial charge in [-0.2, -0.15) is 5.26 Å². The van der Waals surface area contributed by atoms with Crippen LogP contribution in [-0.2, 0) is 4.79 Å². The van der Waals surface area contributed by atoms with Gasteiger partial charge in [0.05, 0.1) is 22.6 Å². The van der Waals surface area contributed by atoms with Gasteiger partial charge >= 0.3 is 0 Å². The molecule has 0 radical (unpaired) electrons. The average Bonchev–Trinajstić information content (AvgIpc) is 2.97. The zero-order valence-corrected chi connectivity index (χ0v) is 23.9. The Morgan fingerprint density at radius 2 is 1.61 bits per heavy atom. The molecule has 1 aromatic heterocycles. The molecule has 5 rings (SSSR count). The number of fused-ring (bicyclic) bond motifs is 1. The van der Waals surface area contributed by atoms with Crippen LogP contribution in [0.3, 0.4) is 0 Å². The Bertz CT molecular complexity index is 1830. The first-order valence-electron chi connectivity index (χ1n) is 12.8. The number of nitriles is 1. The number of aromatic nitrogens is 1. The number of thioether (sulfide) groups is 1. The summed E-state index contributed by atoms with van der Waals surface area (Å²) in [6.07, 6.45) is 0. The number of benzene rings is 4. The highest BCUT2D eigenvalue weighted by atomic mass is 35.5. The Kier molecular flexibility index (Phi) is 8.34. The van der Waals surface area contributed by atoms with Crippen molar-refractivity contribution in [2.75, 3.05) is 16.4 Å². The molecule has 0 bridgehead atoms. The highest BCUT2D eigenvalue weighted by Gasteiger charge is 2.25. The van der Waals surface area contributed by atoms with Crippen LogP contribution in [-0.4, -0.2) is 22.6 Å². The first kappa shape index (κ1) is 27.9. The van der Waals surface area contributed by atoms with E-state index in [0.717, 1.165) is 28.1 Å². The zero-order chi connectivity index (χ0) is 28.9. The van der Waals surface area contributed by atoms with E-state index in [1.54, 1.807) is 31.2 Å². The molecule has 4 aromatic carbocycles. The average molecular weight is 577 g/mol. The van der Waals surface area contributed by atoms with E-state index in [1.165, 1.54) is 0 Å². The highest BCUT2D eigenvalue weighted by molar-refractivity contribution is 8.00. The van der Waals surface area contributed by atoms with Crippen LogP contribution in [0.1, 0.15) is 27.2 Å². The molecule has 0 saturated heterocycles. The van der Waals surface area contributed by atoms with Gasteiger partial charge in [0.1, 0.15) is 11.1 Å². The van der Waals surface area contributed by atoms with Crippen molar-refractivity contribution in [2.24, 2.45) is 0 Å². The molecule has 1 heterocycles. The third kappa shape index (κ3) is 6.25. The minimum absolute atomic E-state index is 0.0305. The van der Waals surface area contributed by atoms with Crippen LogP contribution in [0.5, 0.6) is 0 Å². The van der Waals surface area contributed by atoms with Crippen molar-refractivity contribution in [3.8, 4) is 17.2 Å². The van der Waals surface area contributed by atoms with E-state index in [0.29, 0.717) is 38.2 Å². The standard InChI is InChI=1S/C33H25ClN4O2S/c1-20-7-3-6-10-28(20)38-32(40)30-21(2)36-33(27(18-35)31(30)23-11-14-25(34)15-12-23)41-19-29(39)37-26-16-13-22-8-4-5-9-24(22)17-26/h3-17H,19H2,1-2H3,(H,37,39)(H,38,40). The monoisotopic (exact) mass is 576 g/mol. The van der Waals surface area contributed by atoms with Crippen LogP contribution in [0, 0.1) is 25.2 Å². The molecule has 41 heavy (non-hydrogen) atoms. The van der Waals surface area contributed by atoms with Gasteiger partial charge in [0.2, 0.25) is 5.91 Å². The number of para-hydroxylation sites is 1. The molecule has 0 aliphatic carbocycles. The smallest absolute Gasteiger partial charge is 0.258 e. The van der Waals surface area contributed by atoms with Gasteiger partial charge in [-0.3, -0.25) is 9.59 Å². The Morgan fingerprint density at radius 3 is 2.34 bits per heavy atom. The highest BCUT2D eigenvalue weighted by Crippen LogP contribution is 2.36. The second-order valence-electron chi connectivity index (χ2n) is 9.41. The number of aryl methyl sites for hydroxylation is 2. The van der Waals surface area contributed by atoms with Crippen molar-refractivity contribution < 1.29 is 9.59 Å². The summed E-state index contributed by atoms with van der Waals surface area (Å²) in [4.78, 5) is 31.1. The molecule has 8 heteroatoms. The predicted molar refractivity (Wildman–Crippen MR) is 167 cm³/mol. The molecule has 0 fully saturated rings. The number of rotatable bonds is 7. The lowest BCUT2D eigenvalue weighted by Gasteiger charge is -2.17. The molecule has 0 spiro atoms. The quantitative estimate of drug-likeness (QED) is 0.191. The van der Waals surface area contributed by atoms with E-state index in [1.807, 2.05) is 73.7 Å². The minimum Gasteiger partial charge on any atom is -0.325 e. The summed E-state index contributed by atoms with van der Waals surface area (Å²) >= 11 is 7.29. The lowest BCUT2D eigenvalue weighted by molar-refractivity contribution is -0.113. The van der Waals surface area contributed by atoms with Crippen molar-refractivity contribution in [1.29, 1.82) is 5.26 Å². The van der Waals surface area contributed by atoms with Gasteiger partial charge in [0.25, 0.3) is 5.91 Å². The number of nitrogens with one attached hydrogen (secondary N) is 2. The Morgan fingerprint density at radius 1 is 0.902 bits per heavy atom. The van der Waals surface area contributed by atoms with E-state index in [4.69, 9.17) is 11.6 Å². The molecular weight excluding hydrogens is 552 g/mol. The maximum absolute atomic E-state index is 13.6. The van der Waals surface area contributed by atoms with Gasteiger partial charge in [-0.05, 0) is 66.1 Å². The molecular formula is C33H25ClN4O2S. The first-order valence-corrected chi connectivity index (χ1v) is 14.2. The second-order valence-corrected chi connectivity index (χ2v) is 10.8. The van der Waals surface area contributed by atoms with Gasteiger partial charge in [-0.15, -0.1) is 0 Å². The summed E-state index contributed by atoms with van der Waals surface area (Å²) in [5.41, 5.74) is 4.30. The Labute approximate surface area is 247 Å². The van der Waals surface area contributed by atoms with Gasteiger partial charge < -0.3 is 10.6 Å². The SMILES string of the molecule is Cc1ccccc1NC(=O)c1c(C)nc(SCC(=O)Nc2ccc3ccccc3c2)c(C#N)c1-c1ccc(Cl)cc1. The maximum atomic E-state index is 13.6. The first-order chi connectivity index (χ1) is 19.8. The molecule has 6 nitrogen and oxygen atoms in total. The van der Waals surface area contributed by atoms with Crippen molar-refractivity contribution in [2.45, 2.75) is 18.9 Å². The fourth-order valence-electron chi connectivity index (χ4n) is 4.56. The van der Waals surface area contributed by atoms with Crippen LogP contribution < -0.4 is 10.6 Å². The van der Waals surface area contributed by atoms with Gasteiger partial charge in [0.15, 0.2) is 0 Å². The summed E-state index contributed by atoms with van der Waals surface area (Å²) in [7, 11) is 0. The normalized spacial score (nSPS) is 10.7. The number of hydrogen-bond acceptors (Lipinski definition) is 5. The van der Waals surface area contributed by atoms with Crippen molar-refractivity contribution in [3.63, 3.8) is 0 Å². The van der Waals surface area contributed by atoms with E-state index >= 15 is 0 Å². The molecule has 0 aliphatic heterocycles. The fourth-order valence-corrected chi connectivity index (χ4v) is 5.52. The predicted octanol–water partition coefficient (Wildman–Crippen LogP) is 8.03. The summed E-state index contributed by atoms with van der Waals surface area (Å²) in [6.45, 7) is 3.64. The number of amides is 2. The van der Waals surface area contributed by atoms with Gasteiger partial charge in [-0.1, -0.05) is 84.0 Å². The molecule has 202 valence electrons. The second kappa shape index (κ2) is 12.3. The number of pyridine rings is 1. The summed E-state index contributed by atoms with van der Waals surface area (Å²) in [5, 5.41) is 19.2. The van der Waals surface area contributed by atoms with E-state index in [2.05, 4.69) is 21.7 Å². The number of carbonyl (C=O) groups excluding carboxylic acids is 2. The molecule has 5 aromatic rings. The zero-order valence-electron chi connectivity index (χ0n) is 22.4. The maximum Gasteiger partial charge on any atom is 0.258 e. The Hall–Kier alpha value is -4.64. The summed E-state index contributed by atoms with van der Waals surface area (Å²) < 4.78 is 0. The Balaban J connectivity index is 1.47. The third-order valence-corrected chi connectivity index (χ3v) is 7.81. The largest absolute Gasteiger partial charge is 0.325 e. The van der Waals surface area contributed by atoms with Crippen LogP contribution in [0.15, 0.2) is 96.0 Å². The lowest BCUT2D eigenvalue weighted by atomic mass is 9.94. The summed E-state index contributed by atoms with van der Waals surface area (Å²) in [5.74, 6) is -0.581. The molecule has 0 atom stereocenters. The van der Waals surface area contributed by atoms with E-state index in [9.17, 15) is 14.9 Å². The van der Waals surface area contributed by atoms with E-state index in [-0.39, 0.29) is 28.7 Å². The van der Waals surface area contributed by atoms with Crippen molar-refractivity contribution >= 4 is 57.3 Å². The fraction of sp³-hybridized carbons (Fsp3) is 0.0909. The number of halogens is 1. The molecule has 0 saturated carbocycles. The van der Waals surface area contributed by atoms with Crippen molar-refractivity contribution in [1.82, 2.24) is 4.98 Å². The third-order valence-electron chi connectivity index (χ3n) is 6.58. The summed E-state index contributed by atoms with van der Waals surface area (Å²) in [6, 6.07) is 30.3. The van der Waals surface area contributed by atoms with Crippen molar-refractivity contribution in [3.05, 3.63) is 118 Å². The van der Waals surface area contributed by atoms with E-state index < -0.39 is 0 Å². The minimum atomic E-state index is -0.378. The topological polar surface area (TPSA) is 94.9 Å². The molecule has 2 N–H and O–H groups in total. The number of carbonyl (C=O) groups is 2. The van der Waals surface area contributed by atoms with Crippen LogP contribution in [0.25, 0.3) is 21.9 Å².